The maximum Gasteiger partial charge on any atom is 0.306 e. The van der Waals surface area contributed by atoms with E-state index >= 15 is 0 Å². The van der Waals surface area contributed by atoms with Crippen molar-refractivity contribution in [2.24, 2.45) is 5.92 Å². The molecule has 2 unspecified atom stereocenters. The lowest BCUT2D eigenvalue weighted by molar-refractivity contribution is -0.141. The first-order chi connectivity index (χ1) is 7.65. The number of ether oxygens (including phenoxy) is 1. The van der Waals surface area contributed by atoms with Gasteiger partial charge in [0.25, 0.3) is 0 Å². The largest absolute Gasteiger partial charge is 0.490 e. The van der Waals surface area contributed by atoms with Gasteiger partial charge >= 0.3 is 5.97 Å². The molecule has 1 saturated carbocycles. The average molecular weight is 285 g/mol. The molecule has 4 heteroatoms. The van der Waals surface area contributed by atoms with Crippen molar-refractivity contribution in [2.45, 2.75) is 25.4 Å². The lowest BCUT2D eigenvalue weighted by atomic mass is 10.1. The number of carbonyl (C=O) groups is 1. The zero-order chi connectivity index (χ0) is 11.5. The number of carboxylic acid groups (broad SMARTS) is 1. The molecule has 0 aromatic heterocycles. The van der Waals surface area contributed by atoms with E-state index in [1.54, 1.807) is 0 Å². The summed E-state index contributed by atoms with van der Waals surface area (Å²) in [4.78, 5) is 10.8. The van der Waals surface area contributed by atoms with Crippen molar-refractivity contribution in [1.29, 1.82) is 0 Å². The minimum Gasteiger partial charge on any atom is -0.490 e. The van der Waals surface area contributed by atoms with Gasteiger partial charge in [0.05, 0.1) is 12.0 Å². The number of halogens is 1. The molecule has 0 radical (unpaired) electrons. The van der Waals surface area contributed by atoms with Gasteiger partial charge in [0.1, 0.15) is 5.75 Å². The van der Waals surface area contributed by atoms with Crippen LogP contribution in [0.4, 0.5) is 0 Å². The highest BCUT2D eigenvalue weighted by atomic mass is 79.9. The Morgan fingerprint density at radius 3 is 2.56 bits per heavy atom. The van der Waals surface area contributed by atoms with E-state index in [4.69, 9.17) is 9.84 Å². The average Bonchev–Trinajstić information content (AvgIpc) is 2.70. The lowest BCUT2D eigenvalue weighted by Gasteiger charge is -2.13. The number of carboxylic acids is 1. The highest BCUT2D eigenvalue weighted by Crippen LogP contribution is 2.29. The van der Waals surface area contributed by atoms with Crippen LogP contribution in [0, 0.1) is 5.92 Å². The molecule has 2 rings (SSSR count). The molecular formula is C12H13BrO3. The molecule has 1 aromatic carbocycles. The molecule has 0 spiro atoms. The summed E-state index contributed by atoms with van der Waals surface area (Å²) in [6, 6.07) is 7.61. The fourth-order valence-corrected chi connectivity index (χ4v) is 2.24. The summed E-state index contributed by atoms with van der Waals surface area (Å²) < 4.78 is 6.74. The summed E-state index contributed by atoms with van der Waals surface area (Å²) in [6.45, 7) is 0. The van der Waals surface area contributed by atoms with Crippen molar-refractivity contribution in [3.63, 3.8) is 0 Å². The van der Waals surface area contributed by atoms with Crippen molar-refractivity contribution in [1.82, 2.24) is 0 Å². The summed E-state index contributed by atoms with van der Waals surface area (Å²) in [5.74, 6) is -0.137. The van der Waals surface area contributed by atoms with Gasteiger partial charge in [0, 0.05) is 4.47 Å². The molecule has 0 saturated heterocycles. The van der Waals surface area contributed by atoms with Gasteiger partial charge in [-0.1, -0.05) is 15.9 Å². The Labute approximate surface area is 103 Å². The summed E-state index contributed by atoms with van der Waals surface area (Å²) in [5.41, 5.74) is 0. The Morgan fingerprint density at radius 1 is 1.31 bits per heavy atom. The second-order valence-electron chi connectivity index (χ2n) is 4.04. The fourth-order valence-electron chi connectivity index (χ4n) is 1.98. The lowest BCUT2D eigenvalue weighted by Crippen LogP contribution is -2.15. The molecule has 1 aliphatic carbocycles. The highest BCUT2D eigenvalue weighted by molar-refractivity contribution is 9.10. The van der Waals surface area contributed by atoms with Crippen LogP contribution in [-0.2, 0) is 4.79 Å². The van der Waals surface area contributed by atoms with Crippen molar-refractivity contribution in [3.8, 4) is 5.75 Å². The van der Waals surface area contributed by atoms with Crippen molar-refractivity contribution in [3.05, 3.63) is 28.7 Å². The molecule has 3 nitrogen and oxygen atoms in total. The van der Waals surface area contributed by atoms with Crippen LogP contribution in [0.2, 0.25) is 0 Å². The van der Waals surface area contributed by atoms with Crippen molar-refractivity contribution in [2.75, 3.05) is 0 Å². The van der Waals surface area contributed by atoms with E-state index in [2.05, 4.69) is 15.9 Å². The molecule has 0 heterocycles. The quantitative estimate of drug-likeness (QED) is 0.928. The van der Waals surface area contributed by atoms with Gasteiger partial charge < -0.3 is 9.84 Å². The van der Waals surface area contributed by atoms with E-state index in [0.717, 1.165) is 23.1 Å². The number of hydrogen-bond donors (Lipinski definition) is 1. The van der Waals surface area contributed by atoms with Crippen molar-refractivity contribution >= 4 is 21.9 Å². The van der Waals surface area contributed by atoms with E-state index in [1.807, 2.05) is 24.3 Å². The molecule has 16 heavy (non-hydrogen) atoms. The maximum absolute atomic E-state index is 10.8. The number of aliphatic carboxylic acids is 1. The Kier molecular flexibility index (Phi) is 3.49. The highest BCUT2D eigenvalue weighted by Gasteiger charge is 2.30. The third-order valence-corrected chi connectivity index (χ3v) is 3.38. The maximum atomic E-state index is 10.8. The second kappa shape index (κ2) is 4.87. The predicted octanol–water partition coefficient (Wildman–Crippen LogP) is 3.08. The fraction of sp³-hybridized carbons (Fsp3) is 0.417. The normalized spacial score (nSPS) is 24.3. The van der Waals surface area contributed by atoms with Gasteiger partial charge in [-0.3, -0.25) is 4.79 Å². The smallest absolute Gasteiger partial charge is 0.306 e. The zero-order valence-electron chi connectivity index (χ0n) is 8.73. The van der Waals surface area contributed by atoms with E-state index in [-0.39, 0.29) is 12.0 Å². The minimum atomic E-state index is -0.707. The predicted molar refractivity (Wildman–Crippen MR) is 63.5 cm³/mol. The van der Waals surface area contributed by atoms with Crippen LogP contribution >= 0.6 is 15.9 Å². The molecule has 1 N–H and O–H groups in total. The molecule has 0 bridgehead atoms. The Hall–Kier alpha value is -1.03. The molecule has 2 atom stereocenters. The Morgan fingerprint density at radius 2 is 2.00 bits per heavy atom. The summed E-state index contributed by atoms with van der Waals surface area (Å²) in [5, 5.41) is 8.87. The minimum absolute atomic E-state index is 0.0438. The Balaban J connectivity index is 1.92. The van der Waals surface area contributed by atoms with E-state index < -0.39 is 5.97 Å². The van der Waals surface area contributed by atoms with Crippen LogP contribution in [0.15, 0.2) is 28.7 Å². The van der Waals surface area contributed by atoms with Gasteiger partial charge in [0.15, 0.2) is 0 Å². The van der Waals surface area contributed by atoms with Gasteiger partial charge in [0.2, 0.25) is 0 Å². The molecule has 1 aliphatic rings. The molecular weight excluding hydrogens is 272 g/mol. The first kappa shape index (κ1) is 11.5. The van der Waals surface area contributed by atoms with Crippen LogP contribution in [0.5, 0.6) is 5.75 Å². The third-order valence-electron chi connectivity index (χ3n) is 2.85. The van der Waals surface area contributed by atoms with Crippen LogP contribution in [0.25, 0.3) is 0 Å². The van der Waals surface area contributed by atoms with Crippen LogP contribution in [0.1, 0.15) is 19.3 Å². The first-order valence-electron chi connectivity index (χ1n) is 5.30. The van der Waals surface area contributed by atoms with E-state index in [1.165, 1.54) is 0 Å². The summed E-state index contributed by atoms with van der Waals surface area (Å²) >= 11 is 3.35. The number of benzene rings is 1. The van der Waals surface area contributed by atoms with Gasteiger partial charge in [-0.05, 0) is 43.5 Å². The van der Waals surface area contributed by atoms with Crippen LogP contribution in [-0.4, -0.2) is 17.2 Å². The second-order valence-corrected chi connectivity index (χ2v) is 4.96. The monoisotopic (exact) mass is 284 g/mol. The molecule has 1 fully saturated rings. The van der Waals surface area contributed by atoms with Crippen LogP contribution < -0.4 is 4.74 Å². The standard InChI is InChI=1S/C12H13BrO3/c13-9-2-5-10(6-3-9)16-11-4-1-8(7-11)12(14)15/h2-3,5-6,8,11H,1,4,7H2,(H,14,15). The SMILES string of the molecule is O=C(O)C1CCC(Oc2ccc(Br)cc2)C1. The Bertz CT molecular complexity index is 374. The topological polar surface area (TPSA) is 46.5 Å². The van der Waals surface area contributed by atoms with Gasteiger partial charge in [-0.15, -0.1) is 0 Å². The van der Waals surface area contributed by atoms with Gasteiger partial charge in [-0.25, -0.2) is 0 Å². The van der Waals surface area contributed by atoms with E-state index in [9.17, 15) is 4.79 Å². The molecule has 0 amide bonds. The zero-order valence-corrected chi connectivity index (χ0v) is 10.3. The summed E-state index contributed by atoms with van der Waals surface area (Å²) in [6.07, 6.45) is 2.21. The van der Waals surface area contributed by atoms with Crippen molar-refractivity contribution < 1.29 is 14.6 Å². The molecule has 86 valence electrons. The number of rotatable bonds is 3. The molecule has 0 aliphatic heterocycles. The van der Waals surface area contributed by atoms with E-state index in [0.29, 0.717) is 6.42 Å². The van der Waals surface area contributed by atoms with Gasteiger partial charge in [-0.2, -0.15) is 0 Å². The number of hydrogen-bond acceptors (Lipinski definition) is 2. The van der Waals surface area contributed by atoms with Crippen LogP contribution in [0.3, 0.4) is 0 Å². The first-order valence-corrected chi connectivity index (χ1v) is 6.09. The summed E-state index contributed by atoms with van der Waals surface area (Å²) in [7, 11) is 0. The molecule has 1 aromatic rings. The third kappa shape index (κ3) is 2.76.